The van der Waals surface area contributed by atoms with Gasteiger partial charge in [-0.2, -0.15) is 9.50 Å². The van der Waals surface area contributed by atoms with Crippen molar-refractivity contribution in [2.24, 2.45) is 0 Å². The number of aryl methyl sites for hydroxylation is 1. The van der Waals surface area contributed by atoms with Crippen molar-refractivity contribution in [2.75, 3.05) is 0 Å². The van der Waals surface area contributed by atoms with Crippen molar-refractivity contribution < 1.29 is 5.11 Å². The maximum Gasteiger partial charge on any atom is 0.254 e. The summed E-state index contributed by atoms with van der Waals surface area (Å²) in [5, 5.41) is 13.4. The second-order valence-corrected chi connectivity index (χ2v) is 3.03. The van der Waals surface area contributed by atoms with E-state index >= 15 is 0 Å². The molecule has 0 bridgehead atoms. The molecule has 0 saturated carbocycles. The summed E-state index contributed by atoms with van der Waals surface area (Å²) in [6.07, 6.45) is 0. The first kappa shape index (κ1) is 8.33. The molecule has 0 fully saturated rings. The van der Waals surface area contributed by atoms with E-state index in [9.17, 15) is 0 Å². The van der Waals surface area contributed by atoms with Crippen molar-refractivity contribution in [3.63, 3.8) is 0 Å². The van der Waals surface area contributed by atoms with Gasteiger partial charge >= 0.3 is 0 Å². The van der Waals surface area contributed by atoms with E-state index in [-0.39, 0.29) is 6.61 Å². The van der Waals surface area contributed by atoms with Crippen LogP contribution in [0.15, 0.2) is 11.1 Å². The quantitative estimate of drug-likeness (QED) is 0.672. The SMILES string of the molecule is Cc1nc2nc(CO)cc([S])n2n1. The van der Waals surface area contributed by atoms with E-state index in [4.69, 9.17) is 17.7 Å². The molecule has 1 radical (unpaired) electrons. The lowest BCUT2D eigenvalue weighted by Gasteiger charge is -1.97. The number of rotatable bonds is 1. The number of nitrogens with zero attached hydrogens (tertiary/aromatic N) is 4. The first-order valence-corrected chi connectivity index (χ1v) is 4.12. The minimum Gasteiger partial charge on any atom is -0.390 e. The van der Waals surface area contributed by atoms with Crippen LogP contribution in [0.2, 0.25) is 0 Å². The standard InChI is InChI=1S/C7H7N4OS/c1-4-8-7-9-5(3-12)2-6(13)11(7)10-4/h2,12H,3H2,1H3. The van der Waals surface area contributed by atoms with Crippen molar-refractivity contribution in [2.45, 2.75) is 18.6 Å². The molecule has 1 N–H and O–H groups in total. The lowest BCUT2D eigenvalue weighted by Crippen LogP contribution is -1.98. The van der Waals surface area contributed by atoms with Gasteiger partial charge in [0, 0.05) is 0 Å². The van der Waals surface area contributed by atoms with Crippen molar-refractivity contribution in [1.82, 2.24) is 19.6 Å². The van der Waals surface area contributed by atoms with Crippen LogP contribution in [0.5, 0.6) is 0 Å². The molecule has 13 heavy (non-hydrogen) atoms. The molecule has 0 atom stereocenters. The summed E-state index contributed by atoms with van der Waals surface area (Å²) in [7, 11) is 0. The summed E-state index contributed by atoms with van der Waals surface area (Å²) < 4.78 is 1.48. The zero-order valence-electron chi connectivity index (χ0n) is 6.93. The Morgan fingerprint density at radius 3 is 3.00 bits per heavy atom. The topological polar surface area (TPSA) is 63.3 Å². The molecule has 0 aliphatic rings. The third-order valence-electron chi connectivity index (χ3n) is 1.60. The second kappa shape index (κ2) is 2.90. The predicted octanol–water partition coefficient (Wildman–Crippen LogP) is 0.481. The van der Waals surface area contributed by atoms with Crippen LogP contribution in [0.1, 0.15) is 11.5 Å². The van der Waals surface area contributed by atoms with E-state index in [2.05, 4.69) is 15.1 Å². The highest BCUT2D eigenvalue weighted by molar-refractivity contribution is 7.80. The van der Waals surface area contributed by atoms with Crippen LogP contribution in [0.4, 0.5) is 0 Å². The van der Waals surface area contributed by atoms with Gasteiger partial charge in [0.05, 0.1) is 12.3 Å². The zero-order chi connectivity index (χ0) is 9.42. The summed E-state index contributed by atoms with van der Waals surface area (Å²) >= 11 is 5.03. The molecule has 2 rings (SSSR count). The van der Waals surface area contributed by atoms with E-state index in [1.807, 2.05) is 0 Å². The first-order chi connectivity index (χ1) is 6.20. The van der Waals surface area contributed by atoms with Gasteiger partial charge in [0.2, 0.25) is 0 Å². The molecule has 5 nitrogen and oxygen atoms in total. The van der Waals surface area contributed by atoms with E-state index in [1.165, 1.54) is 4.52 Å². The zero-order valence-corrected chi connectivity index (χ0v) is 7.75. The average Bonchev–Trinajstić information content (AvgIpc) is 2.46. The molecule has 2 aromatic heterocycles. The molecule has 0 aromatic carbocycles. The van der Waals surface area contributed by atoms with Gasteiger partial charge in [-0.1, -0.05) is 12.6 Å². The summed E-state index contributed by atoms with van der Waals surface area (Å²) in [6.45, 7) is 1.63. The van der Waals surface area contributed by atoms with Crippen LogP contribution in [0.3, 0.4) is 0 Å². The largest absolute Gasteiger partial charge is 0.390 e. The van der Waals surface area contributed by atoms with E-state index < -0.39 is 0 Å². The molecular weight excluding hydrogens is 188 g/mol. The number of aliphatic hydroxyl groups excluding tert-OH is 1. The van der Waals surface area contributed by atoms with E-state index in [0.717, 1.165) is 0 Å². The summed E-state index contributed by atoms with van der Waals surface area (Å²) in [5.74, 6) is 1.06. The Morgan fingerprint density at radius 1 is 1.54 bits per heavy atom. The Morgan fingerprint density at radius 2 is 2.31 bits per heavy atom. The summed E-state index contributed by atoms with van der Waals surface area (Å²) in [4.78, 5) is 8.09. The van der Waals surface area contributed by atoms with Crippen LogP contribution in [-0.4, -0.2) is 24.7 Å². The van der Waals surface area contributed by atoms with Crippen molar-refractivity contribution >= 4 is 18.4 Å². The average molecular weight is 195 g/mol. The molecular formula is C7H7N4OS. The predicted molar refractivity (Wildman–Crippen MR) is 47.3 cm³/mol. The second-order valence-electron chi connectivity index (χ2n) is 2.61. The smallest absolute Gasteiger partial charge is 0.254 e. The fourth-order valence-corrected chi connectivity index (χ4v) is 1.33. The molecule has 0 aliphatic heterocycles. The minimum absolute atomic E-state index is 0.133. The van der Waals surface area contributed by atoms with E-state index in [0.29, 0.717) is 22.3 Å². The van der Waals surface area contributed by atoms with Gasteiger partial charge in [-0.3, -0.25) is 0 Å². The lowest BCUT2D eigenvalue weighted by atomic mass is 10.4. The molecule has 2 heterocycles. The number of aliphatic hydroxyl groups is 1. The van der Waals surface area contributed by atoms with Crippen LogP contribution in [0.25, 0.3) is 5.78 Å². The molecule has 2 aromatic rings. The Hall–Kier alpha value is -1.27. The fraction of sp³-hybridized carbons (Fsp3) is 0.286. The van der Waals surface area contributed by atoms with Crippen LogP contribution in [-0.2, 0) is 6.61 Å². The van der Waals surface area contributed by atoms with Gasteiger partial charge in [-0.15, -0.1) is 5.10 Å². The molecule has 0 saturated heterocycles. The number of aromatic nitrogens is 4. The molecule has 0 amide bonds. The number of fused-ring (bicyclic) bond motifs is 1. The van der Waals surface area contributed by atoms with Crippen LogP contribution in [0, 0.1) is 6.92 Å². The maximum atomic E-state index is 8.86. The number of hydrogen-bond acceptors (Lipinski definition) is 4. The number of hydrogen-bond donors (Lipinski definition) is 1. The van der Waals surface area contributed by atoms with Gasteiger partial charge in [0.15, 0.2) is 0 Å². The normalized spacial score (nSPS) is 10.9. The molecule has 0 unspecified atom stereocenters. The van der Waals surface area contributed by atoms with Crippen molar-refractivity contribution in [1.29, 1.82) is 0 Å². The third kappa shape index (κ3) is 1.34. The van der Waals surface area contributed by atoms with Gasteiger partial charge in [0.25, 0.3) is 5.78 Å². The summed E-state index contributed by atoms with van der Waals surface area (Å²) in [6, 6.07) is 1.61. The third-order valence-corrected chi connectivity index (χ3v) is 1.89. The highest BCUT2D eigenvalue weighted by atomic mass is 32.1. The Kier molecular flexibility index (Phi) is 1.86. The summed E-state index contributed by atoms with van der Waals surface area (Å²) in [5.41, 5.74) is 0.518. The lowest BCUT2D eigenvalue weighted by molar-refractivity contribution is 0.276. The van der Waals surface area contributed by atoms with Crippen LogP contribution < -0.4 is 0 Å². The monoisotopic (exact) mass is 195 g/mol. The Balaban J connectivity index is 2.75. The van der Waals surface area contributed by atoms with Gasteiger partial charge in [-0.25, -0.2) is 4.98 Å². The highest BCUT2D eigenvalue weighted by Crippen LogP contribution is 2.09. The van der Waals surface area contributed by atoms with Gasteiger partial charge in [-0.05, 0) is 13.0 Å². The van der Waals surface area contributed by atoms with E-state index in [1.54, 1.807) is 13.0 Å². The van der Waals surface area contributed by atoms with Gasteiger partial charge < -0.3 is 5.11 Å². The van der Waals surface area contributed by atoms with Crippen LogP contribution >= 0.6 is 12.6 Å². The Bertz CT molecular complexity index is 453. The fourth-order valence-electron chi connectivity index (χ4n) is 1.07. The minimum atomic E-state index is -0.133. The molecule has 6 heteroatoms. The van der Waals surface area contributed by atoms with Gasteiger partial charge in [0.1, 0.15) is 10.9 Å². The Labute approximate surface area is 79.9 Å². The highest BCUT2D eigenvalue weighted by Gasteiger charge is 2.06. The first-order valence-electron chi connectivity index (χ1n) is 3.72. The van der Waals surface area contributed by atoms with Crippen molar-refractivity contribution in [3.05, 3.63) is 17.6 Å². The van der Waals surface area contributed by atoms with Crippen molar-refractivity contribution in [3.8, 4) is 0 Å². The maximum absolute atomic E-state index is 8.86. The molecule has 67 valence electrons. The molecule has 0 spiro atoms. The molecule has 0 aliphatic carbocycles.